The SMILES string of the molecule is C/C=C/NC(=O)Nc1ccccc1C(=O)OC. The van der Waals surface area contributed by atoms with Gasteiger partial charge in [0.15, 0.2) is 0 Å². The second-order valence-electron chi connectivity index (χ2n) is 3.14. The monoisotopic (exact) mass is 234 g/mol. The summed E-state index contributed by atoms with van der Waals surface area (Å²) in [5.74, 6) is -0.494. The molecule has 2 amide bonds. The third kappa shape index (κ3) is 3.64. The van der Waals surface area contributed by atoms with Crippen molar-refractivity contribution in [1.29, 1.82) is 0 Å². The maximum atomic E-state index is 11.4. The molecule has 90 valence electrons. The molecule has 0 bridgehead atoms. The van der Waals surface area contributed by atoms with E-state index in [0.717, 1.165) is 0 Å². The number of para-hydroxylation sites is 1. The molecule has 0 spiro atoms. The van der Waals surface area contributed by atoms with Gasteiger partial charge in [0.1, 0.15) is 0 Å². The summed E-state index contributed by atoms with van der Waals surface area (Å²) in [5.41, 5.74) is 0.715. The van der Waals surface area contributed by atoms with Gasteiger partial charge in [0.05, 0.1) is 18.4 Å². The number of carbonyl (C=O) groups is 2. The van der Waals surface area contributed by atoms with E-state index in [0.29, 0.717) is 11.3 Å². The minimum atomic E-state index is -0.494. The quantitative estimate of drug-likeness (QED) is 0.787. The summed E-state index contributed by atoms with van der Waals surface area (Å²) in [7, 11) is 1.29. The van der Waals surface area contributed by atoms with E-state index in [9.17, 15) is 9.59 Å². The molecule has 0 unspecified atom stereocenters. The van der Waals surface area contributed by atoms with Crippen LogP contribution in [0.3, 0.4) is 0 Å². The van der Waals surface area contributed by atoms with Gasteiger partial charge in [-0.2, -0.15) is 0 Å². The molecule has 0 aliphatic rings. The zero-order valence-electron chi connectivity index (χ0n) is 9.69. The first-order valence-corrected chi connectivity index (χ1v) is 5.05. The maximum absolute atomic E-state index is 11.4. The number of allylic oxidation sites excluding steroid dienone is 1. The number of methoxy groups -OCH3 is 1. The van der Waals surface area contributed by atoms with Crippen LogP contribution in [-0.2, 0) is 4.74 Å². The predicted octanol–water partition coefficient (Wildman–Crippen LogP) is 2.13. The highest BCUT2D eigenvalue weighted by molar-refractivity contribution is 6.00. The number of carbonyl (C=O) groups excluding carboxylic acids is 2. The number of amides is 2. The smallest absolute Gasteiger partial charge is 0.339 e. The molecule has 2 N–H and O–H groups in total. The maximum Gasteiger partial charge on any atom is 0.339 e. The summed E-state index contributed by atoms with van der Waals surface area (Å²) in [4.78, 5) is 22.8. The molecule has 0 aromatic heterocycles. The third-order valence-electron chi connectivity index (χ3n) is 1.96. The van der Waals surface area contributed by atoms with Crippen molar-refractivity contribution in [1.82, 2.24) is 5.32 Å². The van der Waals surface area contributed by atoms with E-state index < -0.39 is 12.0 Å². The van der Waals surface area contributed by atoms with Gasteiger partial charge in [-0.1, -0.05) is 18.2 Å². The molecule has 0 heterocycles. The highest BCUT2D eigenvalue weighted by Crippen LogP contribution is 2.15. The minimum absolute atomic E-state index is 0.311. The second kappa shape index (κ2) is 6.32. The highest BCUT2D eigenvalue weighted by atomic mass is 16.5. The second-order valence-corrected chi connectivity index (χ2v) is 3.14. The Morgan fingerprint density at radius 2 is 2.00 bits per heavy atom. The highest BCUT2D eigenvalue weighted by Gasteiger charge is 2.12. The fourth-order valence-corrected chi connectivity index (χ4v) is 1.20. The summed E-state index contributed by atoms with van der Waals surface area (Å²) < 4.78 is 4.62. The van der Waals surface area contributed by atoms with Gasteiger partial charge < -0.3 is 15.4 Å². The normalized spacial score (nSPS) is 10.0. The van der Waals surface area contributed by atoms with Crippen LogP contribution in [0.5, 0.6) is 0 Å². The van der Waals surface area contributed by atoms with Gasteiger partial charge in [0.25, 0.3) is 0 Å². The molecule has 0 aliphatic heterocycles. The first kappa shape index (κ1) is 12.8. The van der Waals surface area contributed by atoms with E-state index in [1.807, 2.05) is 0 Å². The first-order valence-electron chi connectivity index (χ1n) is 5.05. The standard InChI is InChI=1S/C12H14N2O3/c1-3-8-13-12(16)14-10-7-5-4-6-9(10)11(15)17-2/h3-8H,1-2H3,(H2,13,14,16)/b8-3+. The average molecular weight is 234 g/mol. The Hall–Kier alpha value is -2.30. The summed E-state index contributed by atoms with van der Waals surface area (Å²) in [5, 5.41) is 5.04. The molecule has 0 fully saturated rings. The van der Waals surface area contributed by atoms with Gasteiger partial charge >= 0.3 is 12.0 Å². The van der Waals surface area contributed by atoms with E-state index in [4.69, 9.17) is 0 Å². The number of hydrogen-bond donors (Lipinski definition) is 2. The molecular weight excluding hydrogens is 220 g/mol. The molecule has 0 radical (unpaired) electrons. The van der Waals surface area contributed by atoms with E-state index in [-0.39, 0.29) is 0 Å². The molecule has 1 rings (SSSR count). The van der Waals surface area contributed by atoms with E-state index in [1.54, 1.807) is 37.3 Å². The number of ether oxygens (including phenoxy) is 1. The van der Waals surface area contributed by atoms with Crippen LogP contribution in [0.2, 0.25) is 0 Å². The molecule has 5 heteroatoms. The molecule has 1 aromatic rings. The largest absolute Gasteiger partial charge is 0.465 e. The summed E-state index contributed by atoms with van der Waals surface area (Å²) in [6.45, 7) is 1.78. The van der Waals surface area contributed by atoms with Crippen molar-refractivity contribution in [3.8, 4) is 0 Å². The van der Waals surface area contributed by atoms with Gasteiger partial charge in [-0.3, -0.25) is 0 Å². The Balaban J connectivity index is 2.83. The number of nitrogens with one attached hydrogen (secondary N) is 2. The van der Waals surface area contributed by atoms with Crippen LogP contribution in [0.25, 0.3) is 0 Å². The summed E-state index contributed by atoms with van der Waals surface area (Å²) >= 11 is 0. The molecule has 0 saturated heterocycles. The number of benzene rings is 1. The Kier molecular flexibility index (Phi) is 4.75. The number of urea groups is 1. The van der Waals surface area contributed by atoms with Crippen molar-refractivity contribution in [2.45, 2.75) is 6.92 Å². The minimum Gasteiger partial charge on any atom is -0.465 e. The first-order chi connectivity index (χ1) is 8.19. The van der Waals surface area contributed by atoms with E-state index >= 15 is 0 Å². The molecule has 0 saturated carbocycles. The fourth-order valence-electron chi connectivity index (χ4n) is 1.20. The van der Waals surface area contributed by atoms with Gasteiger partial charge in [-0.05, 0) is 19.1 Å². The number of hydrogen-bond acceptors (Lipinski definition) is 3. The molecule has 1 aromatic carbocycles. The third-order valence-corrected chi connectivity index (χ3v) is 1.96. The van der Waals surface area contributed by atoms with Gasteiger partial charge in [0, 0.05) is 6.20 Å². The number of esters is 1. The Morgan fingerprint density at radius 3 is 2.65 bits per heavy atom. The predicted molar refractivity (Wildman–Crippen MR) is 64.7 cm³/mol. The van der Waals surface area contributed by atoms with Crippen LogP contribution in [0, 0.1) is 0 Å². The van der Waals surface area contributed by atoms with Gasteiger partial charge in [-0.15, -0.1) is 0 Å². The van der Waals surface area contributed by atoms with Crippen molar-refractivity contribution < 1.29 is 14.3 Å². The zero-order chi connectivity index (χ0) is 12.7. The molecule has 5 nitrogen and oxygen atoms in total. The number of anilines is 1. The number of rotatable bonds is 3. The summed E-state index contributed by atoms with van der Waals surface area (Å²) in [6.07, 6.45) is 3.18. The fraction of sp³-hybridized carbons (Fsp3) is 0.167. The lowest BCUT2D eigenvalue weighted by atomic mass is 10.2. The Labute approximate surface area is 99.5 Å². The van der Waals surface area contributed by atoms with Gasteiger partial charge in [0.2, 0.25) is 0 Å². The van der Waals surface area contributed by atoms with Crippen molar-refractivity contribution in [2.75, 3.05) is 12.4 Å². The molecular formula is C12H14N2O3. The van der Waals surface area contributed by atoms with Crippen molar-refractivity contribution >= 4 is 17.7 Å². The van der Waals surface area contributed by atoms with Crippen molar-refractivity contribution in [3.63, 3.8) is 0 Å². The molecule has 0 atom stereocenters. The lowest BCUT2D eigenvalue weighted by Gasteiger charge is -2.08. The van der Waals surface area contributed by atoms with Crippen LogP contribution in [0.4, 0.5) is 10.5 Å². The van der Waals surface area contributed by atoms with E-state index in [1.165, 1.54) is 13.3 Å². The topological polar surface area (TPSA) is 67.4 Å². The average Bonchev–Trinajstić information content (AvgIpc) is 2.36. The van der Waals surface area contributed by atoms with Crippen LogP contribution in [0.15, 0.2) is 36.5 Å². The molecule has 0 aliphatic carbocycles. The zero-order valence-corrected chi connectivity index (χ0v) is 9.69. The van der Waals surface area contributed by atoms with Crippen LogP contribution in [-0.4, -0.2) is 19.1 Å². The van der Waals surface area contributed by atoms with Crippen LogP contribution < -0.4 is 10.6 Å². The Morgan fingerprint density at radius 1 is 1.29 bits per heavy atom. The van der Waals surface area contributed by atoms with Gasteiger partial charge in [-0.25, -0.2) is 9.59 Å². The van der Waals surface area contributed by atoms with E-state index in [2.05, 4.69) is 15.4 Å². The van der Waals surface area contributed by atoms with Crippen molar-refractivity contribution in [3.05, 3.63) is 42.1 Å². The van der Waals surface area contributed by atoms with Crippen LogP contribution >= 0.6 is 0 Å². The lowest BCUT2D eigenvalue weighted by Crippen LogP contribution is -2.24. The Bertz CT molecular complexity index is 441. The van der Waals surface area contributed by atoms with Crippen LogP contribution in [0.1, 0.15) is 17.3 Å². The van der Waals surface area contributed by atoms with Crippen molar-refractivity contribution in [2.24, 2.45) is 0 Å². The summed E-state index contributed by atoms with van der Waals surface area (Å²) in [6, 6.07) is 6.21. The molecule has 17 heavy (non-hydrogen) atoms. The lowest BCUT2D eigenvalue weighted by molar-refractivity contribution is 0.0602.